The van der Waals surface area contributed by atoms with Crippen molar-refractivity contribution in [1.29, 1.82) is 0 Å². The first-order valence-corrected chi connectivity index (χ1v) is 5.65. The highest BCUT2D eigenvalue weighted by atomic mass is 16.4. The number of carboxylic acids is 1. The number of Topliss-reactive ketones (excluding diaryl/α,β-unsaturated/α-hetero) is 1. The Morgan fingerprint density at radius 3 is 2.53 bits per heavy atom. The Morgan fingerprint density at radius 1 is 1.29 bits per heavy atom. The Morgan fingerprint density at radius 2 is 2.00 bits per heavy atom. The summed E-state index contributed by atoms with van der Waals surface area (Å²) in [6, 6.07) is 5.46. The lowest BCUT2D eigenvalue weighted by atomic mass is 9.97. The van der Waals surface area contributed by atoms with Crippen molar-refractivity contribution in [3.05, 3.63) is 41.0 Å². The van der Waals surface area contributed by atoms with Crippen LogP contribution in [0.3, 0.4) is 0 Å². The zero-order valence-corrected chi connectivity index (χ0v) is 10.1. The summed E-state index contributed by atoms with van der Waals surface area (Å²) in [6.07, 6.45) is 3.82. The van der Waals surface area contributed by atoms with Gasteiger partial charge in [-0.2, -0.15) is 0 Å². The lowest BCUT2D eigenvalue weighted by Gasteiger charge is -2.06. The number of rotatable bonds is 5. The molecule has 0 aliphatic heterocycles. The van der Waals surface area contributed by atoms with Crippen LogP contribution in [0, 0.1) is 0 Å². The minimum Gasteiger partial charge on any atom is -0.478 e. The van der Waals surface area contributed by atoms with Gasteiger partial charge in [-0.05, 0) is 29.7 Å². The van der Waals surface area contributed by atoms with E-state index >= 15 is 0 Å². The van der Waals surface area contributed by atoms with Gasteiger partial charge in [0.05, 0.1) is 0 Å². The predicted octanol–water partition coefficient (Wildman–Crippen LogP) is 2.94. The molecular weight excluding hydrogens is 216 g/mol. The van der Waals surface area contributed by atoms with Gasteiger partial charge in [-0.1, -0.05) is 26.0 Å². The summed E-state index contributed by atoms with van der Waals surface area (Å²) in [4.78, 5) is 22.2. The molecule has 0 spiro atoms. The summed E-state index contributed by atoms with van der Waals surface area (Å²) < 4.78 is 0. The molecule has 0 amide bonds. The first-order chi connectivity index (χ1) is 8.08. The molecule has 0 fully saturated rings. The maximum atomic E-state index is 11.7. The van der Waals surface area contributed by atoms with E-state index in [9.17, 15) is 9.59 Å². The largest absolute Gasteiger partial charge is 0.478 e. The van der Waals surface area contributed by atoms with Crippen molar-refractivity contribution in [1.82, 2.24) is 0 Å². The van der Waals surface area contributed by atoms with Gasteiger partial charge in [0.15, 0.2) is 5.78 Å². The Bertz CT molecular complexity index is 459. The van der Waals surface area contributed by atoms with E-state index in [0.717, 1.165) is 23.6 Å². The second kappa shape index (κ2) is 5.99. The fraction of sp³-hybridized carbons (Fsp3) is 0.286. The number of carbonyl (C=O) groups is 2. The Kier molecular flexibility index (Phi) is 4.64. The predicted molar refractivity (Wildman–Crippen MR) is 67.1 cm³/mol. The van der Waals surface area contributed by atoms with Crippen LogP contribution in [0.25, 0.3) is 6.08 Å². The van der Waals surface area contributed by atoms with E-state index in [4.69, 9.17) is 5.11 Å². The monoisotopic (exact) mass is 232 g/mol. The molecule has 90 valence electrons. The third-order valence-corrected chi connectivity index (χ3v) is 2.55. The zero-order valence-electron chi connectivity index (χ0n) is 10.1. The highest BCUT2D eigenvalue weighted by Crippen LogP contribution is 2.16. The van der Waals surface area contributed by atoms with E-state index in [2.05, 4.69) is 0 Å². The molecule has 0 aromatic heterocycles. The second-order valence-corrected chi connectivity index (χ2v) is 3.72. The molecule has 3 heteroatoms. The molecule has 0 atom stereocenters. The Labute approximate surface area is 101 Å². The van der Waals surface area contributed by atoms with Crippen molar-refractivity contribution in [2.45, 2.75) is 26.7 Å². The van der Waals surface area contributed by atoms with Gasteiger partial charge >= 0.3 is 5.97 Å². The van der Waals surface area contributed by atoms with Crippen LogP contribution < -0.4 is 0 Å². The number of aryl methyl sites for hydroxylation is 1. The van der Waals surface area contributed by atoms with Crippen LogP contribution >= 0.6 is 0 Å². The van der Waals surface area contributed by atoms with Gasteiger partial charge in [-0.3, -0.25) is 4.79 Å². The van der Waals surface area contributed by atoms with E-state index in [1.165, 1.54) is 6.08 Å². The Balaban J connectivity index is 3.13. The molecule has 1 aromatic carbocycles. The summed E-state index contributed by atoms with van der Waals surface area (Å²) in [5.74, 6) is -0.902. The number of hydrogen-bond acceptors (Lipinski definition) is 2. The minimum absolute atomic E-state index is 0.0902. The quantitative estimate of drug-likeness (QED) is 0.627. The third-order valence-electron chi connectivity index (χ3n) is 2.55. The molecule has 0 saturated heterocycles. The van der Waals surface area contributed by atoms with Crippen molar-refractivity contribution in [2.75, 3.05) is 0 Å². The number of aliphatic carboxylic acids is 1. The van der Waals surface area contributed by atoms with Gasteiger partial charge in [0.25, 0.3) is 0 Å². The smallest absolute Gasteiger partial charge is 0.328 e. The van der Waals surface area contributed by atoms with Crippen LogP contribution in [0.2, 0.25) is 0 Å². The lowest BCUT2D eigenvalue weighted by molar-refractivity contribution is -0.131. The fourth-order valence-corrected chi connectivity index (χ4v) is 1.62. The molecule has 3 nitrogen and oxygen atoms in total. The summed E-state index contributed by atoms with van der Waals surface area (Å²) in [5, 5.41) is 8.55. The van der Waals surface area contributed by atoms with Crippen molar-refractivity contribution < 1.29 is 14.7 Å². The van der Waals surface area contributed by atoms with E-state index in [-0.39, 0.29) is 5.78 Å². The van der Waals surface area contributed by atoms with Gasteiger partial charge in [-0.15, -0.1) is 0 Å². The minimum atomic E-state index is -0.993. The molecule has 0 heterocycles. The van der Waals surface area contributed by atoms with E-state index in [1.54, 1.807) is 6.07 Å². The second-order valence-electron chi connectivity index (χ2n) is 3.72. The normalized spacial score (nSPS) is 10.7. The van der Waals surface area contributed by atoms with Crippen molar-refractivity contribution in [3.63, 3.8) is 0 Å². The van der Waals surface area contributed by atoms with Crippen LogP contribution in [0.15, 0.2) is 24.3 Å². The van der Waals surface area contributed by atoms with Crippen molar-refractivity contribution >= 4 is 17.8 Å². The van der Waals surface area contributed by atoms with E-state index in [0.29, 0.717) is 12.0 Å². The molecule has 0 radical (unpaired) electrons. The maximum Gasteiger partial charge on any atom is 0.328 e. The first kappa shape index (κ1) is 13.2. The Hall–Kier alpha value is -1.90. The molecule has 17 heavy (non-hydrogen) atoms. The molecule has 1 N–H and O–H groups in total. The van der Waals surface area contributed by atoms with Crippen LogP contribution in [0.5, 0.6) is 0 Å². The van der Waals surface area contributed by atoms with Crippen molar-refractivity contribution in [2.24, 2.45) is 0 Å². The molecule has 0 saturated carbocycles. The molecule has 0 bridgehead atoms. The van der Waals surface area contributed by atoms with Gasteiger partial charge in [0, 0.05) is 18.1 Å². The molecule has 0 aliphatic rings. The summed E-state index contributed by atoms with van der Waals surface area (Å²) in [6.45, 7) is 3.82. The molecule has 1 aromatic rings. The van der Waals surface area contributed by atoms with Gasteiger partial charge in [0.1, 0.15) is 0 Å². The van der Waals surface area contributed by atoms with Gasteiger partial charge in [0.2, 0.25) is 0 Å². The lowest BCUT2D eigenvalue weighted by Crippen LogP contribution is -2.02. The highest BCUT2D eigenvalue weighted by molar-refractivity contribution is 5.98. The number of hydrogen-bond donors (Lipinski definition) is 1. The SMILES string of the molecule is CCC(=O)c1cc(/C=C/C(=O)O)ccc1CC. The van der Waals surface area contributed by atoms with Crippen LogP contribution in [-0.2, 0) is 11.2 Å². The summed E-state index contributed by atoms with van der Waals surface area (Å²) in [7, 11) is 0. The maximum absolute atomic E-state index is 11.7. The summed E-state index contributed by atoms with van der Waals surface area (Å²) >= 11 is 0. The molecular formula is C14H16O3. The molecule has 0 aliphatic carbocycles. The third kappa shape index (κ3) is 3.55. The molecule has 1 rings (SSSR count). The summed E-state index contributed by atoms with van der Waals surface area (Å²) in [5.41, 5.74) is 2.44. The van der Waals surface area contributed by atoms with E-state index < -0.39 is 5.97 Å². The number of carboxylic acid groups (broad SMARTS) is 1. The fourth-order valence-electron chi connectivity index (χ4n) is 1.62. The number of ketones is 1. The van der Waals surface area contributed by atoms with E-state index in [1.807, 2.05) is 26.0 Å². The zero-order chi connectivity index (χ0) is 12.8. The van der Waals surface area contributed by atoms with Crippen molar-refractivity contribution in [3.8, 4) is 0 Å². The van der Waals surface area contributed by atoms with Crippen LogP contribution in [-0.4, -0.2) is 16.9 Å². The highest BCUT2D eigenvalue weighted by Gasteiger charge is 2.08. The average molecular weight is 232 g/mol. The average Bonchev–Trinajstić information content (AvgIpc) is 2.34. The van der Waals surface area contributed by atoms with Crippen LogP contribution in [0.1, 0.15) is 41.8 Å². The van der Waals surface area contributed by atoms with Gasteiger partial charge in [-0.25, -0.2) is 4.79 Å². The molecule has 0 unspecified atom stereocenters. The topological polar surface area (TPSA) is 54.4 Å². The number of carbonyl (C=O) groups excluding carboxylic acids is 1. The number of benzene rings is 1. The first-order valence-electron chi connectivity index (χ1n) is 5.65. The van der Waals surface area contributed by atoms with Crippen LogP contribution in [0.4, 0.5) is 0 Å². The van der Waals surface area contributed by atoms with Gasteiger partial charge < -0.3 is 5.11 Å². The standard InChI is InChI=1S/C14H16O3/c1-3-11-7-5-10(6-8-14(16)17)9-12(11)13(15)4-2/h5-9H,3-4H2,1-2H3,(H,16,17)/b8-6+.